The quantitative estimate of drug-likeness (QED) is 0.400. The number of anilines is 2. The van der Waals surface area contributed by atoms with Crippen LogP contribution in [0, 0.1) is 16.0 Å². The van der Waals surface area contributed by atoms with Crippen LogP contribution in [-0.2, 0) is 6.54 Å². The van der Waals surface area contributed by atoms with E-state index in [1.807, 2.05) is 6.92 Å². The van der Waals surface area contributed by atoms with Gasteiger partial charge in [-0.25, -0.2) is 4.98 Å². The summed E-state index contributed by atoms with van der Waals surface area (Å²) < 4.78 is 41.8. The molecule has 0 aliphatic heterocycles. The summed E-state index contributed by atoms with van der Waals surface area (Å²) in [6.07, 6.45) is -0.208. The minimum Gasteiger partial charge on any atom is -0.405 e. The summed E-state index contributed by atoms with van der Waals surface area (Å²) in [4.78, 5) is 18.8. The number of para-hydroxylation sites is 1. The fourth-order valence-electron chi connectivity index (χ4n) is 3.55. The van der Waals surface area contributed by atoms with Gasteiger partial charge in [-0.2, -0.15) is 4.98 Å². The van der Waals surface area contributed by atoms with Crippen molar-refractivity contribution in [2.45, 2.75) is 51.1 Å². The number of nitrogens with one attached hydrogen (secondary N) is 2. The van der Waals surface area contributed by atoms with Crippen LogP contribution >= 0.6 is 0 Å². The predicted octanol–water partition coefficient (Wildman–Crippen LogP) is 4.22. The average Bonchev–Trinajstić information content (AvgIpc) is 2.71. The minimum atomic E-state index is -4.82. The Labute approximate surface area is 182 Å². The molecule has 0 atom stereocenters. The van der Waals surface area contributed by atoms with Gasteiger partial charge in [0.1, 0.15) is 11.9 Å². The fourth-order valence-corrected chi connectivity index (χ4v) is 3.55. The number of ether oxygens (including phenoxy) is 1. The highest BCUT2D eigenvalue weighted by Crippen LogP contribution is 2.31. The summed E-state index contributed by atoms with van der Waals surface area (Å²) in [5.74, 6) is 0.0486. The Balaban J connectivity index is 1.68. The molecule has 32 heavy (non-hydrogen) atoms. The second-order valence-corrected chi connectivity index (χ2v) is 8.17. The zero-order chi connectivity index (χ0) is 23.4. The van der Waals surface area contributed by atoms with Crippen molar-refractivity contribution in [3.05, 3.63) is 46.1 Å². The highest BCUT2D eigenvalue weighted by Gasteiger charge is 2.32. The van der Waals surface area contributed by atoms with Crippen LogP contribution in [0.2, 0.25) is 0 Å². The van der Waals surface area contributed by atoms with Gasteiger partial charge in [-0.3, -0.25) is 10.1 Å². The molecular formula is C20H25F3N6O3. The normalized spacial score (nSPS) is 21.1. The zero-order valence-electron chi connectivity index (χ0n) is 17.5. The summed E-state index contributed by atoms with van der Waals surface area (Å²) in [5.41, 5.74) is 5.92. The number of rotatable bonds is 8. The standard InChI is InChI=1S/C20H25F3N6O3/c1-19(24)8-6-13(7-9-19)10-25-17-15(29(30)31)12-27-18(28-17)26-11-14-4-2-3-5-16(14)32-20(21,22)23/h2-5,12-13H,6-11,24H2,1H3,(H2,25,26,27,28). The number of nitrogens with zero attached hydrogens (tertiary/aromatic N) is 3. The maximum absolute atomic E-state index is 12.6. The Morgan fingerprint density at radius 3 is 2.62 bits per heavy atom. The van der Waals surface area contributed by atoms with Gasteiger partial charge in [-0.05, 0) is 44.6 Å². The summed E-state index contributed by atoms with van der Waals surface area (Å²) >= 11 is 0. The lowest BCUT2D eigenvalue weighted by Gasteiger charge is -2.34. The molecule has 174 valence electrons. The van der Waals surface area contributed by atoms with Gasteiger partial charge in [0.2, 0.25) is 11.8 Å². The van der Waals surface area contributed by atoms with Crippen molar-refractivity contribution in [3.63, 3.8) is 0 Å². The third kappa shape index (κ3) is 6.67. The largest absolute Gasteiger partial charge is 0.573 e. The number of halogens is 3. The van der Waals surface area contributed by atoms with Crippen molar-refractivity contribution in [2.24, 2.45) is 11.7 Å². The third-order valence-electron chi connectivity index (χ3n) is 5.41. The van der Waals surface area contributed by atoms with Crippen LogP contribution in [0.5, 0.6) is 5.75 Å². The number of benzene rings is 1. The molecule has 0 unspecified atom stereocenters. The van der Waals surface area contributed by atoms with Gasteiger partial charge in [0, 0.05) is 24.2 Å². The third-order valence-corrected chi connectivity index (χ3v) is 5.41. The molecule has 3 rings (SSSR count). The van der Waals surface area contributed by atoms with Gasteiger partial charge in [0.15, 0.2) is 0 Å². The van der Waals surface area contributed by atoms with Crippen LogP contribution in [-0.4, -0.2) is 33.3 Å². The molecule has 2 aromatic rings. The Morgan fingerprint density at radius 1 is 1.28 bits per heavy atom. The molecule has 0 saturated heterocycles. The van der Waals surface area contributed by atoms with E-state index in [1.54, 1.807) is 6.07 Å². The molecule has 9 nitrogen and oxygen atoms in total. The van der Waals surface area contributed by atoms with E-state index in [2.05, 4.69) is 25.3 Å². The van der Waals surface area contributed by atoms with Crippen molar-refractivity contribution in [2.75, 3.05) is 17.2 Å². The van der Waals surface area contributed by atoms with Crippen LogP contribution in [0.1, 0.15) is 38.2 Å². The molecule has 1 heterocycles. The van der Waals surface area contributed by atoms with E-state index < -0.39 is 11.3 Å². The molecule has 0 amide bonds. The van der Waals surface area contributed by atoms with Crippen LogP contribution in [0.25, 0.3) is 0 Å². The van der Waals surface area contributed by atoms with E-state index >= 15 is 0 Å². The highest BCUT2D eigenvalue weighted by atomic mass is 19.4. The van der Waals surface area contributed by atoms with Crippen molar-refractivity contribution < 1.29 is 22.8 Å². The Bertz CT molecular complexity index is 944. The smallest absolute Gasteiger partial charge is 0.405 e. The van der Waals surface area contributed by atoms with Gasteiger partial charge >= 0.3 is 12.0 Å². The van der Waals surface area contributed by atoms with Crippen LogP contribution in [0.15, 0.2) is 30.5 Å². The van der Waals surface area contributed by atoms with Crippen LogP contribution in [0.3, 0.4) is 0 Å². The molecule has 4 N–H and O–H groups in total. The Hall–Kier alpha value is -3.15. The first-order chi connectivity index (χ1) is 15.0. The summed E-state index contributed by atoms with van der Waals surface area (Å²) in [6, 6.07) is 5.66. The number of nitro groups is 1. The number of aromatic nitrogens is 2. The highest BCUT2D eigenvalue weighted by molar-refractivity contribution is 5.57. The lowest BCUT2D eigenvalue weighted by Crippen LogP contribution is -2.41. The zero-order valence-corrected chi connectivity index (χ0v) is 17.5. The lowest BCUT2D eigenvalue weighted by atomic mass is 9.78. The van der Waals surface area contributed by atoms with Crippen molar-refractivity contribution in [1.82, 2.24) is 9.97 Å². The first-order valence-corrected chi connectivity index (χ1v) is 10.1. The van der Waals surface area contributed by atoms with Crippen molar-refractivity contribution >= 4 is 17.5 Å². The monoisotopic (exact) mass is 454 g/mol. The van der Waals surface area contributed by atoms with Crippen molar-refractivity contribution in [3.8, 4) is 5.75 Å². The molecule has 1 aliphatic rings. The van der Waals surface area contributed by atoms with E-state index in [4.69, 9.17) is 5.73 Å². The van der Waals surface area contributed by atoms with E-state index in [0.29, 0.717) is 12.5 Å². The Kier molecular flexibility index (Phi) is 7.02. The molecule has 12 heteroatoms. The topological polar surface area (TPSA) is 128 Å². The van der Waals surface area contributed by atoms with Gasteiger partial charge in [-0.15, -0.1) is 13.2 Å². The molecule has 0 spiro atoms. The Morgan fingerprint density at radius 2 is 1.97 bits per heavy atom. The molecule has 0 radical (unpaired) electrons. The maximum Gasteiger partial charge on any atom is 0.573 e. The molecule has 1 aromatic carbocycles. The number of alkyl halides is 3. The van der Waals surface area contributed by atoms with Gasteiger partial charge < -0.3 is 21.1 Å². The van der Waals surface area contributed by atoms with Crippen LogP contribution < -0.4 is 21.1 Å². The number of hydrogen-bond donors (Lipinski definition) is 3. The molecular weight excluding hydrogens is 429 g/mol. The van der Waals surface area contributed by atoms with Crippen LogP contribution in [0.4, 0.5) is 30.6 Å². The van der Waals surface area contributed by atoms with E-state index in [9.17, 15) is 23.3 Å². The molecule has 1 aromatic heterocycles. The second-order valence-electron chi connectivity index (χ2n) is 8.17. The fraction of sp³-hybridized carbons (Fsp3) is 0.500. The predicted molar refractivity (Wildman–Crippen MR) is 112 cm³/mol. The minimum absolute atomic E-state index is 0.0399. The summed E-state index contributed by atoms with van der Waals surface area (Å²) in [6.45, 7) is 2.44. The summed E-state index contributed by atoms with van der Waals surface area (Å²) in [7, 11) is 0. The molecule has 1 aliphatic carbocycles. The number of hydrogen-bond acceptors (Lipinski definition) is 8. The lowest BCUT2D eigenvalue weighted by molar-refractivity contribution is -0.384. The first kappa shape index (κ1) is 23.5. The van der Waals surface area contributed by atoms with E-state index in [1.165, 1.54) is 18.2 Å². The number of nitrogens with two attached hydrogens (primary N) is 1. The average molecular weight is 454 g/mol. The van der Waals surface area contributed by atoms with Gasteiger partial charge in [0.25, 0.3) is 0 Å². The first-order valence-electron chi connectivity index (χ1n) is 10.1. The molecule has 0 bridgehead atoms. The second kappa shape index (κ2) is 9.55. The van der Waals surface area contributed by atoms with Gasteiger partial charge in [0.05, 0.1) is 4.92 Å². The SMILES string of the molecule is CC1(N)CCC(CNc2nc(NCc3ccccc3OC(F)(F)F)ncc2[N+](=O)[O-])CC1. The molecule has 1 saturated carbocycles. The van der Waals surface area contributed by atoms with E-state index in [-0.39, 0.29) is 40.9 Å². The van der Waals surface area contributed by atoms with Crippen molar-refractivity contribution in [1.29, 1.82) is 0 Å². The van der Waals surface area contributed by atoms with E-state index in [0.717, 1.165) is 31.9 Å². The summed E-state index contributed by atoms with van der Waals surface area (Å²) in [5, 5.41) is 17.2. The maximum atomic E-state index is 12.6. The molecule has 1 fully saturated rings. The van der Waals surface area contributed by atoms with Gasteiger partial charge in [-0.1, -0.05) is 18.2 Å².